The number of sulfone groups is 1. The van der Waals surface area contributed by atoms with Gasteiger partial charge in [0.25, 0.3) is 0 Å². The van der Waals surface area contributed by atoms with Crippen molar-refractivity contribution in [3.63, 3.8) is 0 Å². The summed E-state index contributed by atoms with van der Waals surface area (Å²) < 4.78 is 22.1. The van der Waals surface area contributed by atoms with Gasteiger partial charge in [0, 0.05) is 18.3 Å². The van der Waals surface area contributed by atoms with Crippen molar-refractivity contribution in [1.82, 2.24) is 5.32 Å². The predicted molar refractivity (Wildman–Crippen MR) is 59.1 cm³/mol. The van der Waals surface area contributed by atoms with Crippen LogP contribution in [0.15, 0.2) is 0 Å². The Balaban J connectivity index is 2.31. The summed E-state index contributed by atoms with van der Waals surface area (Å²) in [5.41, 5.74) is 0. The Bertz CT molecular complexity index is 274. The van der Waals surface area contributed by atoms with Crippen LogP contribution in [-0.4, -0.2) is 32.5 Å². The molecule has 0 amide bonds. The largest absolute Gasteiger partial charge is 0.310 e. The number of nitrogens with one attached hydrogen (secondary N) is 1. The van der Waals surface area contributed by atoms with Crippen molar-refractivity contribution < 1.29 is 8.42 Å². The van der Waals surface area contributed by atoms with Crippen LogP contribution in [-0.2, 0) is 9.84 Å². The summed E-state index contributed by atoms with van der Waals surface area (Å²) in [7, 11) is -2.84. The maximum absolute atomic E-state index is 11.0. The van der Waals surface area contributed by atoms with E-state index in [-0.39, 0.29) is 11.8 Å². The minimum atomic E-state index is -2.84. The highest BCUT2D eigenvalue weighted by atomic mass is 32.2. The van der Waals surface area contributed by atoms with Gasteiger partial charge in [-0.15, -0.1) is 0 Å². The molecule has 0 aromatic heterocycles. The summed E-state index contributed by atoms with van der Waals surface area (Å²) in [5, 5.41) is 3.39. The van der Waals surface area contributed by atoms with Crippen LogP contribution < -0.4 is 5.32 Å². The van der Waals surface area contributed by atoms with Crippen LogP contribution >= 0.6 is 0 Å². The number of hydrogen-bond donors (Lipinski definition) is 1. The lowest BCUT2D eigenvalue weighted by atomic mass is 10.1. The Morgan fingerprint density at radius 3 is 2.50 bits per heavy atom. The maximum Gasteiger partial charge on any atom is 0.148 e. The topological polar surface area (TPSA) is 46.2 Å². The molecule has 0 saturated heterocycles. The van der Waals surface area contributed by atoms with Crippen LogP contribution in [0.1, 0.15) is 33.1 Å². The zero-order valence-electron chi connectivity index (χ0n) is 9.29. The molecule has 0 spiro atoms. The van der Waals surface area contributed by atoms with Crippen molar-refractivity contribution >= 4 is 9.84 Å². The van der Waals surface area contributed by atoms with Gasteiger partial charge >= 0.3 is 0 Å². The molecule has 1 rings (SSSR count). The third-order valence-electron chi connectivity index (χ3n) is 2.77. The smallest absolute Gasteiger partial charge is 0.148 e. The summed E-state index contributed by atoms with van der Waals surface area (Å²) in [6, 6.07) is 0.613. The monoisotopic (exact) mass is 219 g/mol. The highest BCUT2D eigenvalue weighted by molar-refractivity contribution is 7.90. The van der Waals surface area contributed by atoms with Crippen LogP contribution in [0.4, 0.5) is 0 Å². The molecule has 0 bridgehead atoms. The van der Waals surface area contributed by atoms with Gasteiger partial charge in [-0.25, -0.2) is 8.42 Å². The van der Waals surface area contributed by atoms with Crippen molar-refractivity contribution in [2.75, 3.05) is 12.0 Å². The summed E-state index contributed by atoms with van der Waals surface area (Å²) in [5.74, 6) is 1.04. The van der Waals surface area contributed by atoms with Gasteiger partial charge < -0.3 is 5.32 Å². The molecule has 14 heavy (non-hydrogen) atoms. The fourth-order valence-electron chi connectivity index (χ4n) is 2.26. The first-order valence-corrected chi connectivity index (χ1v) is 7.36. The van der Waals surface area contributed by atoms with E-state index in [0.29, 0.717) is 6.04 Å². The van der Waals surface area contributed by atoms with E-state index in [0.717, 1.165) is 5.92 Å². The van der Waals surface area contributed by atoms with Crippen LogP contribution in [0.3, 0.4) is 0 Å². The third-order valence-corrected chi connectivity index (χ3v) is 3.87. The first-order valence-electron chi connectivity index (χ1n) is 5.30. The zero-order chi connectivity index (χ0) is 10.8. The van der Waals surface area contributed by atoms with E-state index in [4.69, 9.17) is 0 Å². The number of rotatable bonds is 4. The van der Waals surface area contributed by atoms with E-state index in [1.165, 1.54) is 25.5 Å². The second-order valence-electron chi connectivity index (χ2n) is 4.78. The average Bonchev–Trinajstić information content (AvgIpc) is 2.30. The van der Waals surface area contributed by atoms with Crippen LogP contribution in [0.25, 0.3) is 0 Å². The van der Waals surface area contributed by atoms with Crippen LogP contribution in [0.2, 0.25) is 0 Å². The molecule has 0 radical (unpaired) electrons. The van der Waals surface area contributed by atoms with Gasteiger partial charge in [0.2, 0.25) is 0 Å². The fourth-order valence-corrected chi connectivity index (χ4v) is 3.27. The maximum atomic E-state index is 11.0. The van der Waals surface area contributed by atoms with E-state index in [1.54, 1.807) is 0 Å². The van der Waals surface area contributed by atoms with Crippen molar-refractivity contribution in [3.05, 3.63) is 0 Å². The molecule has 84 valence electrons. The fraction of sp³-hybridized carbons (Fsp3) is 1.00. The molecular formula is C10H21NO2S. The van der Waals surface area contributed by atoms with Gasteiger partial charge in [0.15, 0.2) is 0 Å². The van der Waals surface area contributed by atoms with Gasteiger partial charge in [0.1, 0.15) is 9.84 Å². The Labute approximate surface area is 87.2 Å². The van der Waals surface area contributed by atoms with Gasteiger partial charge in [-0.2, -0.15) is 0 Å². The molecule has 0 aromatic carbocycles. The molecule has 0 heterocycles. The van der Waals surface area contributed by atoms with Crippen molar-refractivity contribution in [2.45, 2.75) is 45.2 Å². The second-order valence-corrected chi connectivity index (χ2v) is 6.96. The lowest BCUT2D eigenvalue weighted by molar-refractivity contribution is 0.456. The molecule has 1 saturated carbocycles. The molecule has 0 aromatic rings. The minimum absolute atomic E-state index is 0.0836. The van der Waals surface area contributed by atoms with Crippen LogP contribution in [0, 0.1) is 5.92 Å². The average molecular weight is 219 g/mol. The van der Waals surface area contributed by atoms with Crippen molar-refractivity contribution in [2.24, 2.45) is 5.92 Å². The molecule has 0 aliphatic heterocycles. The van der Waals surface area contributed by atoms with Gasteiger partial charge in [-0.05, 0) is 32.1 Å². The lowest BCUT2D eigenvalue weighted by Crippen LogP contribution is -2.39. The van der Waals surface area contributed by atoms with Crippen molar-refractivity contribution in [3.8, 4) is 0 Å². The first-order chi connectivity index (χ1) is 6.37. The number of hydrogen-bond acceptors (Lipinski definition) is 3. The van der Waals surface area contributed by atoms with Gasteiger partial charge in [-0.3, -0.25) is 0 Å². The third kappa shape index (κ3) is 4.42. The molecule has 3 nitrogen and oxygen atoms in total. The molecule has 1 N–H and O–H groups in total. The Morgan fingerprint density at radius 2 is 2.07 bits per heavy atom. The highest BCUT2D eigenvalue weighted by Crippen LogP contribution is 2.24. The minimum Gasteiger partial charge on any atom is -0.310 e. The molecular weight excluding hydrogens is 198 g/mol. The molecule has 3 atom stereocenters. The van der Waals surface area contributed by atoms with E-state index < -0.39 is 9.84 Å². The summed E-state index contributed by atoms with van der Waals surface area (Å²) >= 11 is 0. The zero-order valence-corrected chi connectivity index (χ0v) is 10.1. The summed E-state index contributed by atoms with van der Waals surface area (Å²) in [6.45, 7) is 4.20. The Hall–Kier alpha value is -0.0900. The predicted octanol–water partition coefficient (Wildman–Crippen LogP) is 1.20. The molecule has 1 fully saturated rings. The Morgan fingerprint density at radius 1 is 1.43 bits per heavy atom. The quantitative estimate of drug-likeness (QED) is 0.773. The highest BCUT2D eigenvalue weighted by Gasteiger charge is 2.23. The second kappa shape index (κ2) is 4.62. The van der Waals surface area contributed by atoms with Crippen molar-refractivity contribution in [1.29, 1.82) is 0 Å². The standard InChI is InChI=1S/C10H21NO2S/c1-8-4-5-10(6-8)11-9(2)7-14(3,12)13/h8-11H,4-7H2,1-3H3. The molecule has 3 unspecified atom stereocenters. The van der Waals surface area contributed by atoms with E-state index in [9.17, 15) is 8.42 Å². The van der Waals surface area contributed by atoms with Crippen LogP contribution in [0.5, 0.6) is 0 Å². The molecule has 1 aliphatic rings. The van der Waals surface area contributed by atoms with E-state index >= 15 is 0 Å². The molecule has 1 aliphatic carbocycles. The molecule has 4 heteroatoms. The lowest BCUT2D eigenvalue weighted by Gasteiger charge is -2.18. The van der Waals surface area contributed by atoms with Gasteiger partial charge in [-0.1, -0.05) is 6.92 Å². The van der Waals surface area contributed by atoms with E-state index in [2.05, 4.69) is 12.2 Å². The van der Waals surface area contributed by atoms with E-state index in [1.807, 2.05) is 6.92 Å². The normalized spacial score (nSPS) is 30.5. The SMILES string of the molecule is CC1CCC(NC(C)CS(C)(=O)=O)C1. The summed E-state index contributed by atoms with van der Waals surface area (Å²) in [4.78, 5) is 0. The first kappa shape index (κ1) is 12.0. The Kier molecular flexibility index (Phi) is 3.95. The van der Waals surface area contributed by atoms with Gasteiger partial charge in [0.05, 0.1) is 5.75 Å². The summed E-state index contributed by atoms with van der Waals surface area (Å²) in [6.07, 6.45) is 4.94.